The molecule has 0 saturated heterocycles. The molecule has 0 fully saturated rings. The summed E-state index contributed by atoms with van der Waals surface area (Å²) in [6.07, 6.45) is 0. The van der Waals surface area contributed by atoms with E-state index in [2.05, 4.69) is 10.3 Å². The second-order valence-electron chi connectivity index (χ2n) is 6.04. The summed E-state index contributed by atoms with van der Waals surface area (Å²) in [7, 11) is 0. The molecule has 0 saturated carbocycles. The Morgan fingerprint density at radius 2 is 1.62 bits per heavy atom. The first-order valence-corrected chi connectivity index (χ1v) is 10.2. The molecule has 3 aromatic rings. The van der Waals surface area contributed by atoms with Crippen molar-refractivity contribution in [2.45, 2.75) is 17.4 Å². The smallest absolute Gasteiger partial charge is 0.322 e. The molecule has 1 atom stereocenters. The Morgan fingerprint density at radius 1 is 1.07 bits per heavy atom. The molecule has 3 rings (SSSR count). The van der Waals surface area contributed by atoms with Crippen molar-refractivity contribution in [3.05, 3.63) is 58.6 Å². The average molecular weight is 451 g/mol. The van der Waals surface area contributed by atoms with Gasteiger partial charge in [0.25, 0.3) is 5.22 Å². The Labute approximate surface area is 181 Å². The van der Waals surface area contributed by atoms with Gasteiger partial charge in [-0.1, -0.05) is 47.1 Å². The number of nitrogens with zero attached hydrogens (tertiary/aromatic N) is 1. The zero-order valence-corrected chi connectivity index (χ0v) is 17.5. The molecule has 150 valence electrons. The van der Waals surface area contributed by atoms with E-state index in [1.54, 1.807) is 31.2 Å². The minimum atomic E-state index is -1.11. The van der Waals surface area contributed by atoms with Gasteiger partial charge in [0.2, 0.25) is 5.91 Å². The van der Waals surface area contributed by atoms with Gasteiger partial charge in [-0.25, -0.2) is 4.98 Å². The first kappa shape index (κ1) is 21.2. The van der Waals surface area contributed by atoms with Crippen LogP contribution in [0.3, 0.4) is 0 Å². The number of nitrogens with one attached hydrogen (secondary N) is 1. The molecule has 0 bridgehead atoms. The Balaban J connectivity index is 1.92. The second-order valence-corrected chi connectivity index (χ2v) is 8.21. The SMILES string of the molecule is CC(Sc1nc(-c2ccc(Cl)cc2)c(-c2ccc(Cl)cc2)o1)C(=O)NCC(=O)O. The number of hydrogen-bond acceptors (Lipinski definition) is 5. The summed E-state index contributed by atoms with van der Waals surface area (Å²) in [5, 5.41) is 11.9. The number of aromatic nitrogens is 1. The van der Waals surface area contributed by atoms with Crippen LogP contribution in [0.2, 0.25) is 10.0 Å². The Kier molecular flexibility index (Phi) is 6.84. The molecule has 1 heterocycles. The van der Waals surface area contributed by atoms with Gasteiger partial charge in [-0.05, 0) is 43.3 Å². The zero-order valence-electron chi connectivity index (χ0n) is 15.2. The van der Waals surface area contributed by atoms with Crippen molar-refractivity contribution in [3.8, 4) is 22.6 Å². The molecule has 0 radical (unpaired) electrons. The molecule has 1 unspecified atom stereocenters. The fourth-order valence-corrected chi connectivity index (χ4v) is 3.48. The van der Waals surface area contributed by atoms with E-state index in [1.807, 2.05) is 24.3 Å². The number of carbonyl (C=O) groups excluding carboxylic acids is 1. The minimum Gasteiger partial charge on any atom is -0.480 e. The molecule has 9 heteroatoms. The minimum absolute atomic E-state index is 0.290. The van der Waals surface area contributed by atoms with Crippen LogP contribution in [0.15, 0.2) is 58.2 Å². The molecule has 0 aliphatic carbocycles. The standard InChI is InChI=1S/C20H16Cl2N2O4S/c1-11(19(27)23-10-16(25)26)29-20-24-17(12-2-6-14(21)7-3-12)18(28-20)13-4-8-15(22)9-5-13/h2-9,11H,10H2,1H3,(H,23,27)(H,25,26). The quantitative estimate of drug-likeness (QED) is 0.492. The van der Waals surface area contributed by atoms with Crippen molar-refractivity contribution in [2.24, 2.45) is 0 Å². The van der Waals surface area contributed by atoms with Crippen molar-refractivity contribution in [1.29, 1.82) is 0 Å². The van der Waals surface area contributed by atoms with Crippen LogP contribution in [0.4, 0.5) is 0 Å². The number of halogens is 2. The summed E-state index contributed by atoms with van der Waals surface area (Å²) in [4.78, 5) is 27.2. The number of hydrogen-bond donors (Lipinski definition) is 2. The summed E-state index contributed by atoms with van der Waals surface area (Å²) in [6, 6.07) is 14.3. The largest absolute Gasteiger partial charge is 0.480 e. The third kappa shape index (κ3) is 5.53. The van der Waals surface area contributed by atoms with Crippen LogP contribution in [-0.2, 0) is 9.59 Å². The number of aliphatic carboxylic acids is 1. The third-order valence-electron chi connectivity index (χ3n) is 3.89. The van der Waals surface area contributed by atoms with Gasteiger partial charge in [0, 0.05) is 21.2 Å². The van der Waals surface area contributed by atoms with E-state index in [1.165, 1.54) is 0 Å². The Hall–Kier alpha value is -2.48. The highest BCUT2D eigenvalue weighted by atomic mass is 35.5. The monoisotopic (exact) mass is 450 g/mol. The van der Waals surface area contributed by atoms with E-state index in [0.717, 1.165) is 22.9 Å². The van der Waals surface area contributed by atoms with Crippen molar-refractivity contribution in [1.82, 2.24) is 10.3 Å². The van der Waals surface area contributed by atoms with Crippen molar-refractivity contribution < 1.29 is 19.1 Å². The second kappa shape index (κ2) is 9.35. The van der Waals surface area contributed by atoms with Crippen molar-refractivity contribution >= 4 is 46.8 Å². The molecular formula is C20H16Cl2N2O4S. The van der Waals surface area contributed by atoms with Crippen LogP contribution in [0.1, 0.15) is 6.92 Å². The Bertz CT molecular complexity index is 957. The van der Waals surface area contributed by atoms with Gasteiger partial charge in [0.1, 0.15) is 12.2 Å². The van der Waals surface area contributed by atoms with Gasteiger partial charge in [0.15, 0.2) is 5.76 Å². The zero-order chi connectivity index (χ0) is 21.0. The third-order valence-corrected chi connectivity index (χ3v) is 5.34. The Morgan fingerprint density at radius 3 is 2.17 bits per heavy atom. The number of benzene rings is 2. The summed E-state index contributed by atoms with van der Waals surface area (Å²) in [5.41, 5.74) is 2.18. The van der Waals surface area contributed by atoms with E-state index in [4.69, 9.17) is 32.7 Å². The van der Waals surface area contributed by atoms with Crippen LogP contribution in [0, 0.1) is 0 Å². The summed E-state index contributed by atoms with van der Waals surface area (Å²) < 4.78 is 5.95. The van der Waals surface area contributed by atoms with Gasteiger partial charge >= 0.3 is 5.97 Å². The van der Waals surface area contributed by atoms with E-state index in [0.29, 0.717) is 21.5 Å². The number of carboxylic acid groups (broad SMARTS) is 1. The fraction of sp³-hybridized carbons (Fsp3) is 0.150. The molecule has 1 aromatic heterocycles. The van der Waals surface area contributed by atoms with Crippen molar-refractivity contribution in [3.63, 3.8) is 0 Å². The van der Waals surface area contributed by atoms with Gasteiger partial charge in [-0.2, -0.15) is 0 Å². The fourth-order valence-electron chi connectivity index (χ4n) is 2.46. The van der Waals surface area contributed by atoms with Crippen LogP contribution < -0.4 is 5.32 Å². The lowest BCUT2D eigenvalue weighted by molar-refractivity contribution is -0.137. The van der Waals surface area contributed by atoms with Crippen LogP contribution in [-0.4, -0.2) is 33.8 Å². The molecule has 6 nitrogen and oxygen atoms in total. The average Bonchev–Trinajstić information content (AvgIpc) is 3.10. The van der Waals surface area contributed by atoms with Gasteiger partial charge in [-0.3, -0.25) is 9.59 Å². The predicted molar refractivity (Wildman–Crippen MR) is 113 cm³/mol. The van der Waals surface area contributed by atoms with E-state index in [-0.39, 0.29) is 5.22 Å². The summed E-state index contributed by atoms with van der Waals surface area (Å²) in [6.45, 7) is 1.21. The van der Waals surface area contributed by atoms with Gasteiger partial charge < -0.3 is 14.8 Å². The number of carbonyl (C=O) groups is 2. The summed E-state index contributed by atoms with van der Waals surface area (Å²) in [5.74, 6) is -0.997. The highest BCUT2D eigenvalue weighted by Gasteiger charge is 2.22. The molecule has 1 amide bonds. The highest BCUT2D eigenvalue weighted by molar-refractivity contribution is 8.00. The molecule has 0 aliphatic rings. The van der Waals surface area contributed by atoms with E-state index < -0.39 is 23.7 Å². The lowest BCUT2D eigenvalue weighted by Crippen LogP contribution is -2.34. The lowest BCUT2D eigenvalue weighted by atomic mass is 10.1. The number of amides is 1. The first-order valence-electron chi connectivity index (χ1n) is 8.52. The number of carboxylic acids is 1. The lowest BCUT2D eigenvalue weighted by Gasteiger charge is -2.07. The molecule has 2 N–H and O–H groups in total. The number of rotatable bonds is 7. The number of thioether (sulfide) groups is 1. The topological polar surface area (TPSA) is 92.4 Å². The first-order chi connectivity index (χ1) is 13.8. The molecule has 0 spiro atoms. The highest BCUT2D eigenvalue weighted by Crippen LogP contribution is 2.37. The van der Waals surface area contributed by atoms with Crippen molar-refractivity contribution in [2.75, 3.05) is 6.54 Å². The molecule has 0 aliphatic heterocycles. The van der Waals surface area contributed by atoms with Gasteiger partial charge in [0.05, 0.1) is 5.25 Å². The van der Waals surface area contributed by atoms with Gasteiger partial charge in [-0.15, -0.1) is 0 Å². The number of oxazole rings is 1. The van der Waals surface area contributed by atoms with E-state index in [9.17, 15) is 9.59 Å². The van der Waals surface area contributed by atoms with E-state index >= 15 is 0 Å². The normalized spacial score (nSPS) is 11.8. The van der Waals surface area contributed by atoms with Crippen LogP contribution in [0.5, 0.6) is 0 Å². The maximum Gasteiger partial charge on any atom is 0.322 e. The molecular weight excluding hydrogens is 435 g/mol. The molecule has 2 aromatic carbocycles. The van der Waals surface area contributed by atoms with Crippen LogP contribution in [0.25, 0.3) is 22.6 Å². The summed E-state index contributed by atoms with van der Waals surface area (Å²) >= 11 is 13.1. The maximum atomic E-state index is 12.1. The molecule has 29 heavy (non-hydrogen) atoms. The van der Waals surface area contributed by atoms with Crippen LogP contribution >= 0.6 is 35.0 Å². The maximum absolute atomic E-state index is 12.1. The predicted octanol–water partition coefficient (Wildman–Crippen LogP) is 5.00.